The van der Waals surface area contributed by atoms with Gasteiger partial charge in [-0.15, -0.1) is 0 Å². The van der Waals surface area contributed by atoms with E-state index in [2.05, 4.69) is 62.9 Å². The SMILES string of the molecule is O=C(CCNC(=O)c1ccc2ccccc2c1)Nc1ccc(N2CCN(Cc3ccccc3)CC2)cc1. The summed E-state index contributed by atoms with van der Waals surface area (Å²) in [5.41, 5.74) is 3.87. The minimum Gasteiger partial charge on any atom is -0.369 e. The van der Waals surface area contributed by atoms with Crippen molar-refractivity contribution in [3.8, 4) is 0 Å². The maximum atomic E-state index is 12.5. The molecule has 6 nitrogen and oxygen atoms in total. The van der Waals surface area contributed by atoms with Crippen LogP contribution < -0.4 is 15.5 Å². The third kappa shape index (κ3) is 6.54. The molecule has 0 spiro atoms. The zero-order valence-corrected chi connectivity index (χ0v) is 20.9. The summed E-state index contributed by atoms with van der Waals surface area (Å²) in [5.74, 6) is -0.298. The second-order valence-corrected chi connectivity index (χ2v) is 9.41. The number of fused-ring (bicyclic) bond motifs is 1. The minimum atomic E-state index is -0.174. The lowest BCUT2D eigenvalue weighted by Crippen LogP contribution is -2.45. The summed E-state index contributed by atoms with van der Waals surface area (Å²) in [4.78, 5) is 29.7. The Morgan fingerprint density at radius 3 is 2.19 bits per heavy atom. The Labute approximate surface area is 217 Å². The van der Waals surface area contributed by atoms with Crippen LogP contribution in [0.1, 0.15) is 22.3 Å². The number of benzene rings is 4. The molecule has 1 heterocycles. The van der Waals surface area contributed by atoms with Crippen LogP contribution in [0.25, 0.3) is 10.8 Å². The van der Waals surface area contributed by atoms with Crippen LogP contribution in [0, 0.1) is 0 Å². The van der Waals surface area contributed by atoms with Gasteiger partial charge in [0, 0.05) is 62.6 Å². The summed E-state index contributed by atoms with van der Waals surface area (Å²) >= 11 is 0. The molecule has 0 radical (unpaired) electrons. The summed E-state index contributed by atoms with van der Waals surface area (Å²) in [6, 6.07) is 32.1. The van der Waals surface area contributed by atoms with Crippen molar-refractivity contribution < 1.29 is 9.59 Å². The van der Waals surface area contributed by atoms with E-state index >= 15 is 0 Å². The maximum absolute atomic E-state index is 12.5. The first-order valence-corrected chi connectivity index (χ1v) is 12.8. The lowest BCUT2D eigenvalue weighted by atomic mass is 10.1. The lowest BCUT2D eigenvalue weighted by Gasteiger charge is -2.36. The van der Waals surface area contributed by atoms with Gasteiger partial charge in [-0.25, -0.2) is 0 Å². The zero-order valence-electron chi connectivity index (χ0n) is 20.9. The summed E-state index contributed by atoms with van der Waals surface area (Å²) < 4.78 is 0. The van der Waals surface area contributed by atoms with Gasteiger partial charge >= 0.3 is 0 Å². The number of anilines is 2. The largest absolute Gasteiger partial charge is 0.369 e. The van der Waals surface area contributed by atoms with E-state index in [1.807, 2.05) is 54.6 Å². The molecule has 2 amide bonds. The van der Waals surface area contributed by atoms with E-state index in [-0.39, 0.29) is 24.8 Å². The van der Waals surface area contributed by atoms with Crippen molar-refractivity contribution in [3.63, 3.8) is 0 Å². The van der Waals surface area contributed by atoms with Crippen molar-refractivity contribution in [2.75, 3.05) is 42.9 Å². The molecule has 0 aliphatic carbocycles. The highest BCUT2D eigenvalue weighted by molar-refractivity contribution is 5.99. The molecule has 0 atom stereocenters. The minimum absolute atomic E-state index is 0.124. The molecular weight excluding hydrogens is 460 g/mol. The molecule has 4 aromatic rings. The molecule has 5 rings (SSSR count). The number of amides is 2. The summed E-state index contributed by atoms with van der Waals surface area (Å²) in [7, 11) is 0. The van der Waals surface area contributed by atoms with E-state index < -0.39 is 0 Å². The maximum Gasteiger partial charge on any atom is 0.251 e. The van der Waals surface area contributed by atoms with Gasteiger partial charge in [0.2, 0.25) is 5.91 Å². The Kier molecular flexibility index (Phi) is 7.77. The van der Waals surface area contributed by atoms with Gasteiger partial charge < -0.3 is 15.5 Å². The molecule has 0 bridgehead atoms. The number of nitrogens with zero attached hydrogens (tertiary/aromatic N) is 2. The highest BCUT2D eigenvalue weighted by Gasteiger charge is 2.17. The van der Waals surface area contributed by atoms with Gasteiger partial charge in [0.15, 0.2) is 0 Å². The number of hydrogen-bond donors (Lipinski definition) is 2. The highest BCUT2D eigenvalue weighted by atomic mass is 16.2. The Hall–Kier alpha value is -4.16. The smallest absolute Gasteiger partial charge is 0.251 e. The summed E-state index contributed by atoms with van der Waals surface area (Å²) in [6.07, 6.45) is 0.213. The van der Waals surface area contributed by atoms with Crippen LogP contribution in [0.5, 0.6) is 0 Å². The van der Waals surface area contributed by atoms with Crippen molar-refractivity contribution >= 4 is 34.0 Å². The first-order chi connectivity index (χ1) is 18.1. The third-order valence-electron chi connectivity index (χ3n) is 6.79. The molecular formula is C31H32N4O2. The third-order valence-corrected chi connectivity index (χ3v) is 6.79. The van der Waals surface area contributed by atoms with E-state index in [0.29, 0.717) is 5.56 Å². The Bertz CT molecular complexity index is 1350. The number of carbonyl (C=O) groups is 2. The fraction of sp³-hybridized carbons (Fsp3) is 0.226. The van der Waals surface area contributed by atoms with Gasteiger partial charge in [-0.3, -0.25) is 14.5 Å². The molecule has 0 aromatic heterocycles. The van der Waals surface area contributed by atoms with Gasteiger partial charge in [-0.1, -0.05) is 60.7 Å². The van der Waals surface area contributed by atoms with Gasteiger partial charge in [-0.05, 0) is 52.7 Å². The number of carbonyl (C=O) groups excluding carboxylic acids is 2. The summed E-state index contributed by atoms with van der Waals surface area (Å²) in [5, 5.41) is 7.88. The van der Waals surface area contributed by atoms with Crippen LogP contribution in [-0.4, -0.2) is 49.4 Å². The molecule has 0 unspecified atom stereocenters. The molecule has 1 aliphatic rings. The van der Waals surface area contributed by atoms with Crippen molar-refractivity contribution in [3.05, 3.63) is 108 Å². The highest BCUT2D eigenvalue weighted by Crippen LogP contribution is 2.20. The van der Waals surface area contributed by atoms with Gasteiger partial charge in [0.05, 0.1) is 0 Å². The average molecular weight is 493 g/mol. The average Bonchev–Trinajstić information content (AvgIpc) is 2.94. The van der Waals surface area contributed by atoms with Gasteiger partial charge in [0.25, 0.3) is 5.91 Å². The van der Waals surface area contributed by atoms with Crippen LogP contribution in [0.15, 0.2) is 97.1 Å². The van der Waals surface area contributed by atoms with E-state index in [4.69, 9.17) is 0 Å². The van der Waals surface area contributed by atoms with Crippen LogP contribution in [0.3, 0.4) is 0 Å². The Morgan fingerprint density at radius 2 is 1.43 bits per heavy atom. The number of nitrogens with one attached hydrogen (secondary N) is 2. The van der Waals surface area contributed by atoms with Crippen LogP contribution in [0.2, 0.25) is 0 Å². The fourth-order valence-electron chi connectivity index (χ4n) is 4.71. The van der Waals surface area contributed by atoms with E-state index in [0.717, 1.165) is 49.2 Å². The molecule has 188 valence electrons. The molecule has 2 N–H and O–H groups in total. The molecule has 4 aromatic carbocycles. The quantitative estimate of drug-likeness (QED) is 0.367. The predicted molar refractivity (Wildman–Crippen MR) is 150 cm³/mol. The van der Waals surface area contributed by atoms with Crippen molar-refractivity contribution in [2.24, 2.45) is 0 Å². The first kappa shape index (κ1) is 24.5. The number of hydrogen-bond acceptors (Lipinski definition) is 4. The van der Waals surface area contributed by atoms with E-state index in [1.165, 1.54) is 11.3 Å². The summed E-state index contributed by atoms with van der Waals surface area (Å²) in [6.45, 7) is 5.28. The van der Waals surface area contributed by atoms with Crippen LogP contribution in [-0.2, 0) is 11.3 Å². The van der Waals surface area contributed by atoms with E-state index in [1.54, 1.807) is 0 Å². The standard InChI is InChI=1S/C31H32N4O2/c36-30(16-17-32-31(37)27-11-10-25-8-4-5-9-26(25)22-27)33-28-12-14-29(15-13-28)35-20-18-34(19-21-35)23-24-6-2-1-3-7-24/h1-15,22H,16-21,23H2,(H,32,37)(H,33,36). The first-order valence-electron chi connectivity index (χ1n) is 12.8. The number of piperazine rings is 1. The van der Waals surface area contributed by atoms with Crippen LogP contribution in [0.4, 0.5) is 11.4 Å². The van der Waals surface area contributed by atoms with Crippen molar-refractivity contribution in [1.82, 2.24) is 10.2 Å². The Morgan fingerprint density at radius 1 is 0.730 bits per heavy atom. The molecule has 1 aliphatic heterocycles. The molecule has 1 saturated heterocycles. The zero-order chi connectivity index (χ0) is 25.5. The topological polar surface area (TPSA) is 64.7 Å². The molecule has 0 saturated carbocycles. The van der Waals surface area contributed by atoms with Crippen LogP contribution >= 0.6 is 0 Å². The molecule has 6 heteroatoms. The Balaban J connectivity index is 1.04. The second kappa shape index (κ2) is 11.7. The fourth-order valence-corrected chi connectivity index (χ4v) is 4.71. The van der Waals surface area contributed by atoms with E-state index in [9.17, 15) is 9.59 Å². The monoisotopic (exact) mass is 492 g/mol. The molecule has 37 heavy (non-hydrogen) atoms. The van der Waals surface area contributed by atoms with Gasteiger partial charge in [-0.2, -0.15) is 0 Å². The normalized spacial score (nSPS) is 13.9. The molecule has 1 fully saturated rings. The number of rotatable bonds is 8. The predicted octanol–water partition coefficient (Wildman–Crippen LogP) is 4.92. The lowest BCUT2D eigenvalue weighted by molar-refractivity contribution is -0.116. The second-order valence-electron chi connectivity index (χ2n) is 9.41. The van der Waals surface area contributed by atoms with Crippen molar-refractivity contribution in [2.45, 2.75) is 13.0 Å². The van der Waals surface area contributed by atoms with Crippen molar-refractivity contribution in [1.29, 1.82) is 0 Å². The van der Waals surface area contributed by atoms with Gasteiger partial charge in [0.1, 0.15) is 0 Å².